The standard InChI is InChI=1S/C20H29N5/c1-16(2)9-10-21-20-22-18(17-7-5-4-6-8-17)15-19(23-20)25-13-11-24(3)12-14-25/h4-8,15-16H,9-14H2,1-3H3,(H,21,22,23). The molecule has 0 radical (unpaired) electrons. The molecule has 1 aromatic carbocycles. The second-order valence-electron chi connectivity index (χ2n) is 7.20. The molecule has 5 nitrogen and oxygen atoms in total. The molecule has 1 aromatic heterocycles. The van der Waals surface area contributed by atoms with Gasteiger partial charge < -0.3 is 15.1 Å². The van der Waals surface area contributed by atoms with E-state index in [1.165, 1.54) is 0 Å². The minimum absolute atomic E-state index is 0.668. The van der Waals surface area contributed by atoms with Crippen LogP contribution in [0.15, 0.2) is 36.4 Å². The van der Waals surface area contributed by atoms with E-state index in [-0.39, 0.29) is 0 Å². The molecule has 134 valence electrons. The van der Waals surface area contributed by atoms with Gasteiger partial charge in [0.25, 0.3) is 0 Å². The molecule has 0 atom stereocenters. The molecule has 1 aliphatic heterocycles. The van der Waals surface area contributed by atoms with Gasteiger partial charge in [0.2, 0.25) is 5.95 Å². The second-order valence-corrected chi connectivity index (χ2v) is 7.20. The third-order valence-corrected chi connectivity index (χ3v) is 4.61. The molecule has 1 saturated heterocycles. The number of nitrogens with zero attached hydrogens (tertiary/aromatic N) is 4. The number of nitrogens with one attached hydrogen (secondary N) is 1. The van der Waals surface area contributed by atoms with Crippen LogP contribution in [0, 0.1) is 5.92 Å². The van der Waals surface area contributed by atoms with Crippen LogP contribution in [-0.4, -0.2) is 54.6 Å². The molecule has 0 bridgehead atoms. The highest BCUT2D eigenvalue weighted by molar-refractivity contribution is 5.64. The van der Waals surface area contributed by atoms with Gasteiger partial charge in [-0.15, -0.1) is 0 Å². The highest BCUT2D eigenvalue weighted by Gasteiger charge is 2.17. The molecule has 2 heterocycles. The maximum atomic E-state index is 4.79. The van der Waals surface area contributed by atoms with Crippen LogP contribution in [-0.2, 0) is 0 Å². The van der Waals surface area contributed by atoms with Crippen LogP contribution in [0.3, 0.4) is 0 Å². The number of rotatable bonds is 6. The number of piperazine rings is 1. The lowest BCUT2D eigenvalue weighted by Gasteiger charge is -2.33. The van der Waals surface area contributed by atoms with Crippen molar-refractivity contribution in [2.24, 2.45) is 5.92 Å². The molecule has 0 saturated carbocycles. The van der Waals surface area contributed by atoms with Crippen molar-refractivity contribution in [3.63, 3.8) is 0 Å². The molecule has 0 unspecified atom stereocenters. The van der Waals surface area contributed by atoms with E-state index < -0.39 is 0 Å². The van der Waals surface area contributed by atoms with Gasteiger partial charge in [0.05, 0.1) is 5.69 Å². The summed E-state index contributed by atoms with van der Waals surface area (Å²) in [6, 6.07) is 12.5. The fourth-order valence-electron chi connectivity index (χ4n) is 2.94. The molecule has 0 amide bonds. The molecule has 1 N–H and O–H groups in total. The third-order valence-electron chi connectivity index (χ3n) is 4.61. The summed E-state index contributed by atoms with van der Waals surface area (Å²) < 4.78 is 0. The normalized spacial score (nSPS) is 15.6. The Hall–Kier alpha value is -2.14. The molecule has 5 heteroatoms. The van der Waals surface area contributed by atoms with Crippen molar-refractivity contribution >= 4 is 11.8 Å². The lowest BCUT2D eigenvalue weighted by Crippen LogP contribution is -2.44. The lowest BCUT2D eigenvalue weighted by molar-refractivity contribution is 0.312. The van der Waals surface area contributed by atoms with Gasteiger partial charge in [-0.25, -0.2) is 4.98 Å². The molecule has 1 aliphatic rings. The molecule has 25 heavy (non-hydrogen) atoms. The van der Waals surface area contributed by atoms with Crippen LogP contribution >= 0.6 is 0 Å². The first-order chi connectivity index (χ1) is 12.1. The van der Waals surface area contributed by atoms with Crippen LogP contribution in [0.4, 0.5) is 11.8 Å². The highest BCUT2D eigenvalue weighted by Crippen LogP contribution is 2.24. The number of benzene rings is 1. The van der Waals surface area contributed by atoms with E-state index in [4.69, 9.17) is 9.97 Å². The first kappa shape index (κ1) is 17.7. The summed E-state index contributed by atoms with van der Waals surface area (Å²) in [6.07, 6.45) is 1.11. The van der Waals surface area contributed by atoms with E-state index in [2.05, 4.69) is 66.3 Å². The Kier molecular flexibility index (Phi) is 5.87. The summed E-state index contributed by atoms with van der Waals surface area (Å²) in [4.78, 5) is 14.3. The van der Waals surface area contributed by atoms with Gasteiger partial charge in [0.15, 0.2) is 0 Å². The summed E-state index contributed by atoms with van der Waals surface area (Å²) in [5.41, 5.74) is 2.11. The summed E-state index contributed by atoms with van der Waals surface area (Å²) in [6.45, 7) is 9.52. The van der Waals surface area contributed by atoms with E-state index in [9.17, 15) is 0 Å². The van der Waals surface area contributed by atoms with E-state index >= 15 is 0 Å². The first-order valence-electron chi connectivity index (χ1n) is 9.23. The lowest BCUT2D eigenvalue weighted by atomic mass is 10.1. The van der Waals surface area contributed by atoms with Crippen molar-refractivity contribution in [3.05, 3.63) is 36.4 Å². The highest BCUT2D eigenvalue weighted by atomic mass is 15.3. The average molecular weight is 339 g/mol. The van der Waals surface area contributed by atoms with Crippen molar-refractivity contribution in [3.8, 4) is 11.3 Å². The third kappa shape index (κ3) is 4.92. The summed E-state index contributed by atoms with van der Waals surface area (Å²) >= 11 is 0. The Bertz CT molecular complexity index is 663. The first-order valence-corrected chi connectivity index (χ1v) is 9.23. The van der Waals surface area contributed by atoms with Crippen molar-refractivity contribution in [1.29, 1.82) is 0 Å². The minimum Gasteiger partial charge on any atom is -0.354 e. The van der Waals surface area contributed by atoms with Gasteiger partial charge in [-0.2, -0.15) is 4.98 Å². The maximum Gasteiger partial charge on any atom is 0.225 e. The molecular formula is C20H29N5. The van der Waals surface area contributed by atoms with Crippen molar-refractivity contribution in [2.75, 3.05) is 50.0 Å². The summed E-state index contributed by atoms with van der Waals surface area (Å²) in [5, 5.41) is 3.42. The number of hydrogen-bond acceptors (Lipinski definition) is 5. The Morgan fingerprint density at radius 2 is 1.76 bits per heavy atom. The summed E-state index contributed by atoms with van der Waals surface area (Å²) in [5.74, 6) is 2.42. The number of anilines is 2. The topological polar surface area (TPSA) is 44.3 Å². The van der Waals surface area contributed by atoms with E-state index in [1.807, 2.05) is 6.07 Å². The van der Waals surface area contributed by atoms with Crippen molar-refractivity contribution in [2.45, 2.75) is 20.3 Å². The van der Waals surface area contributed by atoms with E-state index in [0.29, 0.717) is 5.92 Å². The van der Waals surface area contributed by atoms with Crippen molar-refractivity contribution in [1.82, 2.24) is 14.9 Å². The zero-order valence-corrected chi connectivity index (χ0v) is 15.6. The van der Waals surface area contributed by atoms with E-state index in [1.54, 1.807) is 0 Å². The monoisotopic (exact) mass is 339 g/mol. The molecular weight excluding hydrogens is 310 g/mol. The predicted octanol–water partition coefficient (Wildman–Crippen LogP) is 3.35. The molecule has 2 aromatic rings. The van der Waals surface area contributed by atoms with Crippen LogP contribution < -0.4 is 10.2 Å². The van der Waals surface area contributed by atoms with Gasteiger partial charge in [0.1, 0.15) is 5.82 Å². The van der Waals surface area contributed by atoms with Gasteiger partial charge in [0, 0.05) is 44.4 Å². The average Bonchev–Trinajstić information content (AvgIpc) is 2.62. The largest absolute Gasteiger partial charge is 0.354 e. The second kappa shape index (κ2) is 8.30. The quantitative estimate of drug-likeness (QED) is 0.874. The minimum atomic E-state index is 0.668. The zero-order chi connectivity index (χ0) is 17.6. The van der Waals surface area contributed by atoms with Gasteiger partial charge in [-0.1, -0.05) is 44.2 Å². The summed E-state index contributed by atoms with van der Waals surface area (Å²) in [7, 11) is 2.17. The van der Waals surface area contributed by atoms with Crippen LogP contribution in [0.5, 0.6) is 0 Å². The van der Waals surface area contributed by atoms with Gasteiger partial charge in [-0.05, 0) is 19.4 Å². The number of aromatic nitrogens is 2. The Morgan fingerprint density at radius 1 is 1.04 bits per heavy atom. The molecule has 1 fully saturated rings. The van der Waals surface area contributed by atoms with Crippen LogP contribution in [0.25, 0.3) is 11.3 Å². The zero-order valence-electron chi connectivity index (χ0n) is 15.6. The van der Waals surface area contributed by atoms with Crippen LogP contribution in [0.2, 0.25) is 0 Å². The van der Waals surface area contributed by atoms with E-state index in [0.717, 1.165) is 62.2 Å². The Morgan fingerprint density at radius 3 is 2.44 bits per heavy atom. The molecule has 3 rings (SSSR count). The molecule has 0 spiro atoms. The fourth-order valence-corrected chi connectivity index (χ4v) is 2.94. The number of hydrogen-bond donors (Lipinski definition) is 1. The van der Waals surface area contributed by atoms with Crippen LogP contribution in [0.1, 0.15) is 20.3 Å². The van der Waals surface area contributed by atoms with Gasteiger partial charge in [-0.3, -0.25) is 0 Å². The van der Waals surface area contributed by atoms with Crippen molar-refractivity contribution < 1.29 is 0 Å². The Balaban J connectivity index is 1.85. The van der Waals surface area contributed by atoms with Gasteiger partial charge >= 0.3 is 0 Å². The SMILES string of the molecule is CC(C)CCNc1nc(-c2ccccc2)cc(N2CCN(C)CC2)n1. The Labute approximate surface area is 151 Å². The number of likely N-dealkylation sites (N-methyl/N-ethyl adjacent to an activating group) is 1. The smallest absolute Gasteiger partial charge is 0.225 e. The maximum absolute atomic E-state index is 4.79. The fraction of sp³-hybridized carbons (Fsp3) is 0.500. The molecule has 0 aliphatic carbocycles. The predicted molar refractivity (Wildman–Crippen MR) is 105 cm³/mol.